The van der Waals surface area contributed by atoms with Gasteiger partial charge in [-0.25, -0.2) is 0 Å². The molecule has 0 unspecified atom stereocenters. The van der Waals surface area contributed by atoms with E-state index in [4.69, 9.17) is 9.26 Å². The van der Waals surface area contributed by atoms with Crippen LogP contribution in [0.1, 0.15) is 18.1 Å². The Morgan fingerprint density at radius 1 is 1.50 bits per heavy atom. The predicted molar refractivity (Wildman–Crippen MR) is 54.7 cm³/mol. The molecule has 14 heavy (non-hydrogen) atoms. The summed E-state index contributed by atoms with van der Waals surface area (Å²) >= 11 is 0. The molecule has 0 saturated heterocycles. The van der Waals surface area contributed by atoms with E-state index in [-0.39, 0.29) is 0 Å². The highest BCUT2D eigenvalue weighted by Crippen LogP contribution is 2.30. The van der Waals surface area contributed by atoms with Crippen LogP contribution in [0, 0.1) is 6.92 Å². The topological polar surface area (TPSA) is 35.3 Å². The third-order valence-electron chi connectivity index (χ3n) is 2.47. The molecule has 0 radical (unpaired) electrons. The molecule has 0 aliphatic heterocycles. The van der Waals surface area contributed by atoms with Crippen molar-refractivity contribution in [2.75, 3.05) is 7.11 Å². The first-order chi connectivity index (χ1) is 6.77. The highest BCUT2D eigenvalue weighted by Gasteiger charge is 2.12. The Hall–Kier alpha value is -1.51. The van der Waals surface area contributed by atoms with Gasteiger partial charge < -0.3 is 9.26 Å². The molecule has 1 aromatic carbocycles. The Labute approximate surface area is 82.7 Å². The molecule has 0 bridgehead atoms. The number of fused-ring (bicyclic) bond motifs is 1. The second kappa shape index (κ2) is 3.33. The summed E-state index contributed by atoms with van der Waals surface area (Å²) in [6, 6.07) is 1.99. The summed E-state index contributed by atoms with van der Waals surface area (Å²) in [5.41, 5.74) is 3.09. The van der Waals surface area contributed by atoms with E-state index in [1.165, 1.54) is 0 Å². The zero-order valence-corrected chi connectivity index (χ0v) is 8.63. The van der Waals surface area contributed by atoms with Gasteiger partial charge in [0.25, 0.3) is 0 Å². The summed E-state index contributed by atoms with van der Waals surface area (Å²) in [4.78, 5) is 0. The Balaban J connectivity index is 2.82. The van der Waals surface area contributed by atoms with E-state index in [1.54, 1.807) is 13.3 Å². The molecule has 0 atom stereocenters. The molecule has 0 saturated carbocycles. The lowest BCUT2D eigenvalue weighted by atomic mass is 10.0. The quantitative estimate of drug-likeness (QED) is 0.732. The molecule has 1 aromatic heterocycles. The van der Waals surface area contributed by atoms with E-state index >= 15 is 0 Å². The SMILES string of the molecule is CCc1c(OC)cc(C)c2oncc12. The maximum absolute atomic E-state index is 5.33. The summed E-state index contributed by atoms with van der Waals surface area (Å²) in [5.74, 6) is 0.917. The van der Waals surface area contributed by atoms with Gasteiger partial charge in [-0.15, -0.1) is 0 Å². The standard InChI is InChI=1S/C11H13NO2/c1-4-8-9-6-12-14-11(9)7(2)5-10(8)13-3/h5-6H,4H2,1-3H3. The summed E-state index contributed by atoms with van der Waals surface area (Å²) in [6.07, 6.45) is 2.67. The van der Waals surface area contributed by atoms with E-state index < -0.39 is 0 Å². The van der Waals surface area contributed by atoms with Crippen molar-refractivity contribution >= 4 is 11.0 Å². The average Bonchev–Trinajstić information content (AvgIpc) is 2.66. The van der Waals surface area contributed by atoms with Gasteiger partial charge in [0.1, 0.15) is 5.75 Å². The van der Waals surface area contributed by atoms with Gasteiger partial charge in [0.05, 0.1) is 13.3 Å². The van der Waals surface area contributed by atoms with Crippen molar-refractivity contribution < 1.29 is 9.26 Å². The molecular weight excluding hydrogens is 178 g/mol. The molecule has 0 amide bonds. The van der Waals surface area contributed by atoms with Crippen LogP contribution in [0.25, 0.3) is 11.0 Å². The van der Waals surface area contributed by atoms with Crippen molar-refractivity contribution in [1.29, 1.82) is 0 Å². The molecule has 3 heteroatoms. The van der Waals surface area contributed by atoms with Crippen LogP contribution in [0.2, 0.25) is 0 Å². The number of nitrogens with zero attached hydrogens (tertiary/aromatic N) is 1. The number of hydrogen-bond donors (Lipinski definition) is 0. The summed E-state index contributed by atoms with van der Waals surface area (Å²) < 4.78 is 10.5. The lowest BCUT2D eigenvalue weighted by molar-refractivity contribution is 0.410. The van der Waals surface area contributed by atoms with Gasteiger partial charge >= 0.3 is 0 Å². The number of hydrogen-bond acceptors (Lipinski definition) is 3. The van der Waals surface area contributed by atoms with Gasteiger partial charge in [-0.05, 0) is 25.0 Å². The van der Waals surface area contributed by atoms with Crippen LogP contribution in [-0.2, 0) is 6.42 Å². The highest BCUT2D eigenvalue weighted by molar-refractivity contribution is 5.85. The van der Waals surface area contributed by atoms with Crippen LogP contribution in [0.15, 0.2) is 16.8 Å². The van der Waals surface area contributed by atoms with Crippen molar-refractivity contribution in [3.63, 3.8) is 0 Å². The van der Waals surface area contributed by atoms with Gasteiger partial charge in [-0.2, -0.15) is 0 Å². The first kappa shape index (κ1) is 9.06. The molecule has 2 aromatic rings. The van der Waals surface area contributed by atoms with Gasteiger partial charge in [0, 0.05) is 10.9 Å². The van der Waals surface area contributed by atoms with E-state index in [2.05, 4.69) is 12.1 Å². The molecule has 3 nitrogen and oxygen atoms in total. The normalized spacial score (nSPS) is 10.8. The molecule has 0 aliphatic rings. The third kappa shape index (κ3) is 1.16. The fourth-order valence-electron chi connectivity index (χ4n) is 1.77. The van der Waals surface area contributed by atoms with E-state index in [1.807, 2.05) is 13.0 Å². The number of ether oxygens (including phenoxy) is 1. The van der Waals surface area contributed by atoms with Crippen LogP contribution in [0.5, 0.6) is 5.75 Å². The van der Waals surface area contributed by atoms with Crippen molar-refractivity contribution in [2.45, 2.75) is 20.3 Å². The molecule has 1 heterocycles. The number of methoxy groups -OCH3 is 1. The molecule has 0 fully saturated rings. The Kier molecular flexibility index (Phi) is 2.15. The number of aryl methyl sites for hydroxylation is 2. The minimum Gasteiger partial charge on any atom is -0.496 e. The van der Waals surface area contributed by atoms with Crippen LogP contribution >= 0.6 is 0 Å². The first-order valence-corrected chi connectivity index (χ1v) is 4.68. The molecular formula is C11H13NO2. The van der Waals surface area contributed by atoms with Crippen molar-refractivity contribution in [2.24, 2.45) is 0 Å². The van der Waals surface area contributed by atoms with Gasteiger partial charge in [0.15, 0.2) is 5.58 Å². The second-order valence-electron chi connectivity index (χ2n) is 3.30. The van der Waals surface area contributed by atoms with Gasteiger partial charge in [0.2, 0.25) is 0 Å². The zero-order valence-electron chi connectivity index (χ0n) is 8.63. The summed E-state index contributed by atoms with van der Waals surface area (Å²) in [6.45, 7) is 4.09. The Morgan fingerprint density at radius 3 is 2.93 bits per heavy atom. The van der Waals surface area contributed by atoms with Crippen molar-refractivity contribution in [3.05, 3.63) is 23.4 Å². The predicted octanol–water partition coefficient (Wildman–Crippen LogP) is 2.71. The van der Waals surface area contributed by atoms with E-state index in [0.29, 0.717) is 0 Å². The van der Waals surface area contributed by atoms with E-state index in [0.717, 1.165) is 34.3 Å². The average molecular weight is 191 g/mol. The lowest BCUT2D eigenvalue weighted by Crippen LogP contribution is -1.92. The number of benzene rings is 1. The van der Waals surface area contributed by atoms with Gasteiger partial charge in [-0.1, -0.05) is 12.1 Å². The van der Waals surface area contributed by atoms with E-state index in [9.17, 15) is 0 Å². The third-order valence-corrected chi connectivity index (χ3v) is 2.47. The maximum atomic E-state index is 5.33. The summed E-state index contributed by atoms with van der Waals surface area (Å²) in [7, 11) is 1.69. The molecule has 2 rings (SSSR count). The molecule has 0 spiro atoms. The maximum Gasteiger partial charge on any atom is 0.170 e. The fourth-order valence-corrected chi connectivity index (χ4v) is 1.77. The number of rotatable bonds is 2. The Morgan fingerprint density at radius 2 is 2.29 bits per heavy atom. The largest absolute Gasteiger partial charge is 0.496 e. The number of aromatic nitrogens is 1. The van der Waals surface area contributed by atoms with Crippen LogP contribution in [0.3, 0.4) is 0 Å². The minimum absolute atomic E-state index is 0.864. The minimum atomic E-state index is 0.864. The zero-order chi connectivity index (χ0) is 10.1. The fraction of sp³-hybridized carbons (Fsp3) is 0.364. The van der Waals surface area contributed by atoms with Crippen LogP contribution in [-0.4, -0.2) is 12.3 Å². The highest BCUT2D eigenvalue weighted by atomic mass is 16.5. The van der Waals surface area contributed by atoms with Crippen LogP contribution < -0.4 is 4.74 Å². The molecule has 74 valence electrons. The molecule has 0 N–H and O–H groups in total. The smallest absolute Gasteiger partial charge is 0.170 e. The molecule has 0 aliphatic carbocycles. The Bertz CT molecular complexity index is 460. The van der Waals surface area contributed by atoms with Crippen molar-refractivity contribution in [3.8, 4) is 5.75 Å². The second-order valence-corrected chi connectivity index (χ2v) is 3.30. The lowest BCUT2D eigenvalue weighted by Gasteiger charge is -2.08. The van der Waals surface area contributed by atoms with Crippen LogP contribution in [0.4, 0.5) is 0 Å². The van der Waals surface area contributed by atoms with Gasteiger partial charge in [-0.3, -0.25) is 0 Å². The first-order valence-electron chi connectivity index (χ1n) is 4.68. The van der Waals surface area contributed by atoms with Crippen molar-refractivity contribution in [1.82, 2.24) is 5.16 Å². The summed E-state index contributed by atoms with van der Waals surface area (Å²) in [5, 5.41) is 4.88. The monoisotopic (exact) mass is 191 g/mol.